The van der Waals surface area contributed by atoms with Crippen LogP contribution in [0.5, 0.6) is 0 Å². The van der Waals surface area contributed by atoms with E-state index >= 15 is 0 Å². The average molecular weight is 360 g/mol. The van der Waals surface area contributed by atoms with Gasteiger partial charge in [0.1, 0.15) is 17.6 Å². The fraction of sp³-hybridized carbons (Fsp3) is 0.400. The van der Waals surface area contributed by atoms with E-state index < -0.39 is 6.10 Å². The van der Waals surface area contributed by atoms with Crippen LogP contribution in [0.2, 0.25) is 0 Å². The number of hydrogen-bond donors (Lipinski definition) is 1. The van der Waals surface area contributed by atoms with Gasteiger partial charge in [0.05, 0.1) is 25.1 Å². The Kier molecular flexibility index (Phi) is 6.90. The first-order chi connectivity index (χ1) is 12.3. The molecule has 0 aromatic heterocycles. The van der Waals surface area contributed by atoms with Gasteiger partial charge in [-0.25, -0.2) is 0 Å². The monoisotopic (exact) mass is 360 g/mol. The molecule has 1 aliphatic heterocycles. The van der Waals surface area contributed by atoms with Crippen molar-refractivity contribution in [1.29, 1.82) is 0 Å². The third-order valence-corrected chi connectivity index (χ3v) is 5.70. The van der Waals surface area contributed by atoms with Crippen molar-refractivity contribution in [2.24, 2.45) is 0 Å². The predicted octanol–water partition coefficient (Wildman–Crippen LogP) is 3.24. The highest BCUT2D eigenvalue weighted by atomic mass is 32.2. The minimum atomic E-state index is -0.663. The maximum atomic E-state index is 10.5. The smallest absolute Gasteiger partial charge is 0.131 e. The lowest BCUT2D eigenvalue weighted by Gasteiger charge is -2.22. The van der Waals surface area contributed by atoms with Gasteiger partial charge in [0.2, 0.25) is 0 Å². The standard InChI is InChI=1S/C20H24O4S/c1-22-20-18(21)19(24-13-16-10-6-3-7-11-16)17(25-20)14-23-12-15-8-4-2-5-9-15/h2-11,17-21H,12-14H2,1H3/t17-,18+,19-,20?/m1/s1. The summed E-state index contributed by atoms with van der Waals surface area (Å²) < 4.78 is 17.3. The van der Waals surface area contributed by atoms with Crippen LogP contribution >= 0.6 is 11.8 Å². The molecule has 0 amide bonds. The van der Waals surface area contributed by atoms with Gasteiger partial charge in [0.25, 0.3) is 0 Å². The molecule has 4 nitrogen and oxygen atoms in total. The number of aliphatic hydroxyl groups is 1. The number of thioether (sulfide) groups is 1. The molecule has 1 saturated heterocycles. The van der Waals surface area contributed by atoms with Crippen LogP contribution in [0.15, 0.2) is 60.7 Å². The van der Waals surface area contributed by atoms with Gasteiger partial charge in [0, 0.05) is 7.11 Å². The number of benzene rings is 2. The molecule has 0 bridgehead atoms. The van der Waals surface area contributed by atoms with E-state index in [9.17, 15) is 5.11 Å². The number of methoxy groups -OCH3 is 1. The van der Waals surface area contributed by atoms with Gasteiger partial charge in [-0.1, -0.05) is 60.7 Å². The molecular formula is C20H24O4S. The second-order valence-corrected chi connectivity index (χ2v) is 7.37. The molecule has 1 fully saturated rings. The van der Waals surface area contributed by atoms with E-state index in [4.69, 9.17) is 14.2 Å². The molecule has 0 spiro atoms. The van der Waals surface area contributed by atoms with Gasteiger partial charge in [-0.2, -0.15) is 0 Å². The van der Waals surface area contributed by atoms with Crippen molar-refractivity contribution in [3.63, 3.8) is 0 Å². The van der Waals surface area contributed by atoms with Crippen molar-refractivity contribution in [2.75, 3.05) is 13.7 Å². The lowest BCUT2D eigenvalue weighted by Crippen LogP contribution is -2.37. The molecule has 0 saturated carbocycles. The quantitative estimate of drug-likeness (QED) is 0.783. The normalized spacial score (nSPS) is 26.0. The van der Waals surface area contributed by atoms with Crippen LogP contribution in [0.3, 0.4) is 0 Å². The van der Waals surface area contributed by atoms with Crippen molar-refractivity contribution >= 4 is 11.8 Å². The fourth-order valence-electron chi connectivity index (χ4n) is 2.87. The van der Waals surface area contributed by atoms with Crippen LogP contribution in [0.25, 0.3) is 0 Å². The van der Waals surface area contributed by atoms with Crippen molar-refractivity contribution < 1.29 is 19.3 Å². The van der Waals surface area contributed by atoms with Crippen LogP contribution in [-0.2, 0) is 27.4 Å². The Hall–Kier alpha value is -1.37. The molecule has 3 rings (SSSR count). The van der Waals surface area contributed by atoms with Crippen molar-refractivity contribution in [2.45, 2.75) is 36.1 Å². The minimum absolute atomic E-state index is 0.0346. The number of hydrogen-bond acceptors (Lipinski definition) is 5. The molecule has 2 aromatic carbocycles. The highest BCUT2D eigenvalue weighted by Crippen LogP contribution is 2.37. The van der Waals surface area contributed by atoms with E-state index in [1.807, 2.05) is 60.7 Å². The van der Waals surface area contributed by atoms with E-state index in [2.05, 4.69) is 0 Å². The predicted molar refractivity (Wildman–Crippen MR) is 99.3 cm³/mol. The fourth-order valence-corrected chi connectivity index (χ4v) is 4.21. The van der Waals surface area contributed by atoms with Crippen LogP contribution in [0.1, 0.15) is 11.1 Å². The molecule has 1 heterocycles. The van der Waals surface area contributed by atoms with E-state index in [0.717, 1.165) is 11.1 Å². The molecule has 4 atom stereocenters. The zero-order valence-corrected chi connectivity index (χ0v) is 15.1. The lowest BCUT2D eigenvalue weighted by molar-refractivity contribution is -0.0767. The topological polar surface area (TPSA) is 47.9 Å². The zero-order valence-electron chi connectivity index (χ0n) is 14.3. The average Bonchev–Trinajstić information content (AvgIpc) is 2.97. The summed E-state index contributed by atoms with van der Waals surface area (Å²) in [5.74, 6) is 0. The van der Waals surface area contributed by atoms with Crippen molar-refractivity contribution in [1.82, 2.24) is 0 Å². The Bertz CT molecular complexity index is 622. The molecule has 1 aliphatic rings. The summed E-state index contributed by atoms with van der Waals surface area (Å²) >= 11 is 1.57. The summed E-state index contributed by atoms with van der Waals surface area (Å²) in [6.07, 6.45) is -0.977. The molecule has 25 heavy (non-hydrogen) atoms. The second-order valence-electron chi connectivity index (χ2n) is 6.03. The van der Waals surface area contributed by atoms with E-state index in [-0.39, 0.29) is 16.8 Å². The number of ether oxygens (including phenoxy) is 3. The Morgan fingerprint density at radius 3 is 2.12 bits per heavy atom. The first-order valence-electron chi connectivity index (χ1n) is 8.41. The molecule has 1 N–H and O–H groups in total. The summed E-state index contributed by atoms with van der Waals surface area (Å²) in [5.41, 5.74) is 1.94. The summed E-state index contributed by atoms with van der Waals surface area (Å²) in [7, 11) is 1.61. The molecule has 0 aliphatic carbocycles. The Balaban J connectivity index is 1.55. The summed E-state index contributed by atoms with van der Waals surface area (Å²) in [4.78, 5) is 0. The molecule has 134 valence electrons. The highest BCUT2D eigenvalue weighted by Gasteiger charge is 2.44. The first kappa shape index (κ1) is 18.4. The molecule has 0 radical (unpaired) electrons. The Morgan fingerprint density at radius 1 is 0.920 bits per heavy atom. The Labute approximate surface area is 153 Å². The lowest BCUT2D eigenvalue weighted by atomic mass is 10.1. The molecule has 2 aromatic rings. The molecular weight excluding hydrogens is 336 g/mol. The number of aliphatic hydroxyl groups excluding tert-OH is 1. The Morgan fingerprint density at radius 2 is 1.52 bits per heavy atom. The minimum Gasteiger partial charge on any atom is -0.387 e. The summed E-state index contributed by atoms with van der Waals surface area (Å²) in [6, 6.07) is 20.0. The maximum Gasteiger partial charge on any atom is 0.131 e. The van der Waals surface area contributed by atoms with Gasteiger partial charge in [0.15, 0.2) is 0 Å². The van der Waals surface area contributed by atoms with Gasteiger partial charge >= 0.3 is 0 Å². The third kappa shape index (κ3) is 5.06. The van der Waals surface area contributed by atoms with Crippen LogP contribution < -0.4 is 0 Å². The van der Waals surface area contributed by atoms with Crippen LogP contribution in [0, 0.1) is 0 Å². The van der Waals surface area contributed by atoms with Gasteiger partial charge < -0.3 is 19.3 Å². The largest absolute Gasteiger partial charge is 0.387 e. The van der Waals surface area contributed by atoms with E-state index in [0.29, 0.717) is 19.8 Å². The van der Waals surface area contributed by atoms with Gasteiger partial charge in [-0.15, -0.1) is 11.8 Å². The third-order valence-electron chi connectivity index (χ3n) is 4.20. The van der Waals surface area contributed by atoms with Crippen molar-refractivity contribution in [3.05, 3.63) is 71.8 Å². The SMILES string of the molecule is COC1S[C@H](COCc2ccccc2)[C@@H](OCc2ccccc2)[C@@H]1O. The number of rotatable bonds is 8. The van der Waals surface area contributed by atoms with Crippen LogP contribution in [0.4, 0.5) is 0 Å². The summed E-state index contributed by atoms with van der Waals surface area (Å²) in [6.45, 7) is 1.53. The second kappa shape index (κ2) is 9.36. The zero-order chi connectivity index (χ0) is 17.5. The van der Waals surface area contributed by atoms with Gasteiger partial charge in [-0.3, -0.25) is 0 Å². The maximum absolute atomic E-state index is 10.5. The first-order valence-corrected chi connectivity index (χ1v) is 9.35. The summed E-state index contributed by atoms with van der Waals surface area (Å²) in [5, 5.41) is 10.5. The van der Waals surface area contributed by atoms with Crippen molar-refractivity contribution in [3.8, 4) is 0 Å². The van der Waals surface area contributed by atoms with E-state index in [1.54, 1.807) is 18.9 Å². The molecule has 1 unspecified atom stereocenters. The highest BCUT2D eigenvalue weighted by molar-refractivity contribution is 8.00. The molecule has 5 heteroatoms. The van der Waals surface area contributed by atoms with Crippen LogP contribution in [-0.4, -0.2) is 41.7 Å². The van der Waals surface area contributed by atoms with E-state index in [1.165, 1.54) is 0 Å². The van der Waals surface area contributed by atoms with Gasteiger partial charge in [-0.05, 0) is 11.1 Å².